The molecule has 0 heterocycles. The fraction of sp³-hybridized carbons (Fsp3) is 0.407. The highest BCUT2D eigenvalue weighted by atomic mass is 32.2. The van der Waals surface area contributed by atoms with Crippen molar-refractivity contribution >= 4 is 76.9 Å². The number of hydrogen-bond acceptors (Lipinski definition) is 16. The second kappa shape index (κ2) is 35.1. The summed E-state index contributed by atoms with van der Waals surface area (Å²) in [6, 6.07) is 14.2. The highest BCUT2D eigenvalue weighted by Crippen LogP contribution is 2.17. The van der Waals surface area contributed by atoms with Crippen molar-refractivity contribution in [2.24, 2.45) is 11.7 Å². The Morgan fingerprint density at radius 3 is 1.20 bits per heavy atom. The molecule has 0 radical (unpaired) electrons. The van der Waals surface area contributed by atoms with Crippen molar-refractivity contribution < 1.29 is 78.3 Å². The summed E-state index contributed by atoms with van der Waals surface area (Å²) in [5, 5.41) is 71.5. The Labute approximate surface area is 501 Å². The van der Waals surface area contributed by atoms with Crippen LogP contribution in [0.5, 0.6) is 17.2 Å². The zero-order valence-corrected chi connectivity index (χ0v) is 48.8. The van der Waals surface area contributed by atoms with Crippen molar-refractivity contribution in [3.63, 3.8) is 0 Å². The molecule has 0 aliphatic rings. The largest absolute Gasteiger partial charge is 0.508 e. The van der Waals surface area contributed by atoms with Gasteiger partial charge in [-0.2, -0.15) is 11.8 Å². The fourth-order valence-corrected chi connectivity index (χ4v) is 9.08. The number of hydrogen-bond donors (Lipinski definition) is 15. The van der Waals surface area contributed by atoms with Gasteiger partial charge in [0.25, 0.3) is 0 Å². The van der Waals surface area contributed by atoms with Gasteiger partial charge in [-0.25, -0.2) is 0 Å². The predicted molar refractivity (Wildman–Crippen MR) is 316 cm³/mol. The first-order valence-corrected chi connectivity index (χ1v) is 28.9. The molecule has 0 spiro atoms. The molecule has 0 unspecified atom stereocenters. The Bertz CT molecular complexity index is 2950. The van der Waals surface area contributed by atoms with E-state index in [1.165, 1.54) is 91.5 Å². The molecule has 0 bridgehead atoms. The summed E-state index contributed by atoms with van der Waals surface area (Å²) in [5.74, 6) is -10.7. The number of phenolic OH excluding ortho intramolecular Hbond substituents is 3. The summed E-state index contributed by atoms with van der Waals surface area (Å²) >= 11 is 1.32. The van der Waals surface area contributed by atoms with E-state index in [0.29, 0.717) is 22.3 Å². The number of aromatic hydroxyl groups is 3. The zero-order chi connectivity index (χ0) is 63.5. The van der Waals surface area contributed by atoms with Gasteiger partial charge < -0.3 is 79.1 Å². The van der Waals surface area contributed by atoms with Crippen LogP contribution >= 0.6 is 11.8 Å². The number of rotatable bonds is 35. The SMILES string of the molecule is CSCC[C@H](NC(=O)[C@H](Cc1ccc(O)cc1)NC(=O)[C@H](CCC(=O)O)NC(=O)[C@H](Cc1ccccc1)NC(=O)[C@H](Cc1ccc(O)cc1)NC(=O)CN)C(=O)N[C@@H](C)C(=O)N[C@@H](CC(C)C)C(=O)N[C@@H](Cc1ccc(O)cc1)C(=O)NCC(=O)O. The van der Waals surface area contributed by atoms with Crippen LogP contribution in [-0.2, 0) is 78.4 Å². The number of nitrogens with two attached hydrogens (primary N) is 1. The number of amides is 9. The Kier molecular flexibility index (Phi) is 28.3. The summed E-state index contributed by atoms with van der Waals surface area (Å²) in [4.78, 5) is 148. The lowest BCUT2D eigenvalue weighted by molar-refractivity contribution is -0.139. The van der Waals surface area contributed by atoms with E-state index < -0.39 is 139 Å². The van der Waals surface area contributed by atoms with Crippen LogP contribution in [0, 0.1) is 5.92 Å². The van der Waals surface area contributed by atoms with Crippen molar-refractivity contribution in [1.29, 1.82) is 0 Å². The minimum atomic E-state index is -1.68. The number of carboxylic acid groups (broad SMARTS) is 2. The second-order valence-corrected chi connectivity index (χ2v) is 21.7. The molecule has 0 aliphatic heterocycles. The lowest BCUT2D eigenvalue weighted by atomic mass is 10.0. The summed E-state index contributed by atoms with van der Waals surface area (Å²) in [6.45, 7) is 3.63. The summed E-state index contributed by atoms with van der Waals surface area (Å²) < 4.78 is 0. The number of carbonyl (C=O) groups excluding carboxylic acids is 9. The molecule has 0 aliphatic carbocycles. The highest BCUT2D eigenvalue weighted by molar-refractivity contribution is 7.98. The smallest absolute Gasteiger partial charge is 0.322 e. The van der Waals surface area contributed by atoms with Gasteiger partial charge in [0.2, 0.25) is 53.2 Å². The Balaban J connectivity index is 1.59. The molecule has 0 saturated carbocycles. The van der Waals surface area contributed by atoms with Gasteiger partial charge >= 0.3 is 11.9 Å². The van der Waals surface area contributed by atoms with E-state index in [1.807, 2.05) is 0 Å². The van der Waals surface area contributed by atoms with E-state index in [-0.39, 0.29) is 67.4 Å². The third-order valence-corrected chi connectivity index (χ3v) is 13.8. The Hall–Kier alpha value is -9.24. The molecule has 4 aromatic carbocycles. The van der Waals surface area contributed by atoms with E-state index in [0.717, 1.165) is 0 Å². The maximum Gasteiger partial charge on any atom is 0.322 e. The number of phenols is 3. The summed E-state index contributed by atoms with van der Waals surface area (Å²) in [6.07, 6.45) is -0.0972. The molecule has 0 saturated heterocycles. The monoisotopic (exact) mass is 1210 g/mol. The zero-order valence-electron chi connectivity index (χ0n) is 48.0. The number of aliphatic carboxylic acids is 2. The Morgan fingerprint density at radius 1 is 0.430 bits per heavy atom. The molecule has 9 amide bonds. The van der Waals surface area contributed by atoms with Gasteiger partial charge in [0, 0.05) is 32.1 Å². The predicted octanol–water partition coefficient (Wildman–Crippen LogP) is -0.204. The molecule has 464 valence electrons. The van der Waals surface area contributed by atoms with Crippen LogP contribution in [0.2, 0.25) is 0 Å². The lowest BCUT2D eigenvalue weighted by Gasteiger charge is -2.28. The van der Waals surface area contributed by atoms with Gasteiger partial charge in [0.05, 0.1) is 6.54 Å². The van der Waals surface area contributed by atoms with Crippen LogP contribution in [0.1, 0.15) is 68.7 Å². The first-order valence-electron chi connectivity index (χ1n) is 27.5. The lowest BCUT2D eigenvalue weighted by Crippen LogP contribution is -2.60. The van der Waals surface area contributed by atoms with E-state index in [1.54, 1.807) is 50.4 Å². The number of carboxylic acids is 2. The standard InChI is InChI=1S/C59H76N10O16S/c1-33(2)26-44(56(82)67-45(53(79)61-32-51(76)77)28-36-10-16-39(70)17-11-36)66-52(78)34(3)62-54(80)43(24-25-86-4)65-59(85)48(30-38-14-20-41(72)21-15-38)68-55(81)42(22-23-50(74)75)64-58(84)47(27-35-8-6-5-7-9-35)69-57(83)46(63-49(73)31-60)29-37-12-18-40(71)19-13-37/h5-21,33-34,42-48,70-72H,22-32,60H2,1-4H3,(H,61,79)(H,62,80)(H,63,73)(H,64,84)(H,65,85)(H,66,78)(H,67,82)(H,68,81)(H,69,83)(H,74,75)(H,76,77)/t34-,42-,43-,44-,45-,46-,47-,48-/m0/s1. The minimum absolute atomic E-state index is 0.0186. The highest BCUT2D eigenvalue weighted by Gasteiger charge is 2.35. The maximum absolute atomic E-state index is 14.5. The van der Waals surface area contributed by atoms with Crippen LogP contribution in [0.25, 0.3) is 0 Å². The third kappa shape index (κ3) is 24.5. The van der Waals surface area contributed by atoms with Gasteiger partial charge in [-0.15, -0.1) is 0 Å². The maximum atomic E-state index is 14.5. The minimum Gasteiger partial charge on any atom is -0.508 e. The van der Waals surface area contributed by atoms with Crippen molar-refractivity contribution in [2.75, 3.05) is 25.1 Å². The van der Waals surface area contributed by atoms with Gasteiger partial charge in [0.1, 0.15) is 72.1 Å². The first-order chi connectivity index (χ1) is 40.8. The molecule has 8 atom stereocenters. The number of thioether (sulfide) groups is 1. The molecule has 0 fully saturated rings. The number of benzene rings is 4. The van der Waals surface area contributed by atoms with Crippen molar-refractivity contribution in [3.05, 3.63) is 125 Å². The van der Waals surface area contributed by atoms with E-state index in [4.69, 9.17) is 5.73 Å². The third-order valence-electron chi connectivity index (χ3n) is 13.2. The molecular weight excluding hydrogens is 1140 g/mol. The van der Waals surface area contributed by atoms with Gasteiger partial charge in [-0.05, 0) is 103 Å². The number of nitrogens with one attached hydrogen (secondary N) is 9. The summed E-state index contributed by atoms with van der Waals surface area (Å²) in [5.41, 5.74) is 7.53. The van der Waals surface area contributed by atoms with Crippen molar-refractivity contribution in [2.45, 2.75) is 120 Å². The second-order valence-electron chi connectivity index (χ2n) is 20.7. The van der Waals surface area contributed by atoms with Crippen molar-refractivity contribution in [3.8, 4) is 17.2 Å². The topological polar surface area (TPSA) is 423 Å². The van der Waals surface area contributed by atoms with E-state index in [2.05, 4.69) is 47.9 Å². The van der Waals surface area contributed by atoms with E-state index in [9.17, 15) is 78.3 Å². The average Bonchev–Trinajstić information content (AvgIpc) is 3.25. The molecular formula is C59H76N10O16S. The number of carbonyl (C=O) groups is 11. The molecule has 26 nitrogen and oxygen atoms in total. The van der Waals surface area contributed by atoms with Crippen LogP contribution < -0.4 is 53.6 Å². The van der Waals surface area contributed by atoms with Gasteiger partial charge in [0.15, 0.2) is 0 Å². The van der Waals surface area contributed by atoms with Crippen LogP contribution in [0.4, 0.5) is 0 Å². The molecule has 4 aromatic rings. The normalized spacial score (nSPS) is 13.7. The first kappa shape index (κ1) is 69.3. The molecule has 16 N–H and O–H groups in total. The van der Waals surface area contributed by atoms with Gasteiger partial charge in [-0.1, -0.05) is 80.6 Å². The molecule has 4 rings (SSSR count). The van der Waals surface area contributed by atoms with Gasteiger partial charge in [-0.3, -0.25) is 52.7 Å². The van der Waals surface area contributed by atoms with Crippen LogP contribution in [0.15, 0.2) is 103 Å². The quantitative estimate of drug-likeness (QED) is 0.0283. The van der Waals surface area contributed by atoms with Crippen molar-refractivity contribution in [1.82, 2.24) is 47.9 Å². The Morgan fingerprint density at radius 2 is 0.791 bits per heavy atom. The fourth-order valence-electron chi connectivity index (χ4n) is 8.61. The van der Waals surface area contributed by atoms with E-state index >= 15 is 0 Å². The van der Waals surface area contributed by atoms with Crippen LogP contribution in [0.3, 0.4) is 0 Å². The summed E-state index contributed by atoms with van der Waals surface area (Å²) in [7, 11) is 0. The average molecular weight is 1210 g/mol. The molecule has 27 heteroatoms. The van der Waals surface area contributed by atoms with Crippen LogP contribution in [-0.4, -0.2) is 164 Å². The molecule has 0 aromatic heterocycles. The molecule has 86 heavy (non-hydrogen) atoms.